The minimum absolute atomic E-state index is 0.130. The number of benzene rings is 2. The van der Waals surface area contributed by atoms with Crippen molar-refractivity contribution < 1.29 is 29.0 Å². The van der Waals surface area contributed by atoms with Crippen LogP contribution in [0.3, 0.4) is 0 Å². The van der Waals surface area contributed by atoms with Crippen molar-refractivity contribution >= 4 is 28.9 Å². The zero-order valence-electron chi connectivity index (χ0n) is 17.1. The summed E-state index contributed by atoms with van der Waals surface area (Å²) in [6.07, 6.45) is 0.439. The van der Waals surface area contributed by atoms with Gasteiger partial charge in [-0.25, -0.2) is 14.4 Å². The number of aromatic amines is 1. The first-order valence-corrected chi connectivity index (χ1v) is 9.99. The molecule has 3 rings (SSSR count). The van der Waals surface area contributed by atoms with Crippen molar-refractivity contribution in [1.29, 1.82) is 0 Å². The van der Waals surface area contributed by atoms with E-state index in [-0.39, 0.29) is 18.8 Å². The summed E-state index contributed by atoms with van der Waals surface area (Å²) in [4.78, 5) is 38.6. The van der Waals surface area contributed by atoms with Crippen LogP contribution in [0.25, 0.3) is 10.9 Å². The molecule has 31 heavy (non-hydrogen) atoms. The molecule has 0 fully saturated rings. The van der Waals surface area contributed by atoms with Crippen molar-refractivity contribution in [2.75, 3.05) is 13.2 Å². The number of hydrogen-bond acceptors (Lipinski definition) is 5. The second-order valence-electron chi connectivity index (χ2n) is 6.86. The number of carboxylic acid groups (broad SMARTS) is 1. The molecule has 0 saturated carbocycles. The molecule has 1 amide bonds. The second kappa shape index (κ2) is 10.3. The fourth-order valence-electron chi connectivity index (χ4n) is 3.25. The molecule has 0 aliphatic carbocycles. The zero-order chi connectivity index (χ0) is 22.2. The molecule has 0 radical (unpaired) electrons. The highest BCUT2D eigenvalue weighted by molar-refractivity contribution is 6.01. The first-order valence-electron chi connectivity index (χ1n) is 9.99. The van der Waals surface area contributed by atoms with Crippen LogP contribution in [0.2, 0.25) is 0 Å². The maximum absolute atomic E-state index is 12.4. The lowest BCUT2D eigenvalue weighted by Crippen LogP contribution is -2.25. The Labute approximate surface area is 179 Å². The van der Waals surface area contributed by atoms with Crippen LogP contribution in [-0.2, 0) is 22.5 Å². The predicted molar refractivity (Wildman–Crippen MR) is 114 cm³/mol. The SMILES string of the molecule is CCOC(=O)c1[nH]c2ccc(C(=O)O)cc2c1CCCNC(=O)OCc1ccccc1. The van der Waals surface area contributed by atoms with E-state index in [0.717, 1.165) is 5.56 Å². The van der Waals surface area contributed by atoms with Crippen LogP contribution in [0.5, 0.6) is 0 Å². The number of rotatable bonds is 9. The number of nitrogens with one attached hydrogen (secondary N) is 2. The van der Waals surface area contributed by atoms with E-state index in [9.17, 15) is 19.5 Å². The van der Waals surface area contributed by atoms with E-state index >= 15 is 0 Å². The number of aryl methyl sites for hydroxylation is 1. The van der Waals surface area contributed by atoms with E-state index in [0.29, 0.717) is 41.5 Å². The molecule has 2 aromatic carbocycles. The summed E-state index contributed by atoms with van der Waals surface area (Å²) in [6, 6.07) is 14.0. The molecular formula is C23H24N2O6. The number of fused-ring (bicyclic) bond motifs is 1. The molecule has 0 aliphatic rings. The largest absolute Gasteiger partial charge is 0.478 e. The molecule has 0 aliphatic heterocycles. The molecule has 0 saturated heterocycles. The molecule has 1 heterocycles. The van der Waals surface area contributed by atoms with Gasteiger partial charge in [0.15, 0.2) is 0 Å². The minimum Gasteiger partial charge on any atom is -0.478 e. The van der Waals surface area contributed by atoms with Gasteiger partial charge in [-0.1, -0.05) is 30.3 Å². The number of carboxylic acids is 1. The second-order valence-corrected chi connectivity index (χ2v) is 6.86. The molecule has 8 heteroatoms. The molecule has 8 nitrogen and oxygen atoms in total. The van der Waals surface area contributed by atoms with Gasteiger partial charge in [0, 0.05) is 17.4 Å². The molecule has 3 N–H and O–H groups in total. The van der Waals surface area contributed by atoms with Crippen molar-refractivity contribution in [2.45, 2.75) is 26.4 Å². The number of carbonyl (C=O) groups excluding carboxylic acids is 2. The van der Waals surface area contributed by atoms with Crippen molar-refractivity contribution in [3.05, 3.63) is 70.9 Å². The van der Waals surface area contributed by atoms with Gasteiger partial charge in [-0.05, 0) is 49.1 Å². The third-order valence-electron chi connectivity index (χ3n) is 4.72. The maximum Gasteiger partial charge on any atom is 0.407 e. The fraction of sp³-hybridized carbons (Fsp3) is 0.261. The fourth-order valence-corrected chi connectivity index (χ4v) is 3.25. The van der Waals surface area contributed by atoms with E-state index in [1.54, 1.807) is 13.0 Å². The van der Waals surface area contributed by atoms with E-state index < -0.39 is 18.0 Å². The van der Waals surface area contributed by atoms with Gasteiger partial charge in [0.25, 0.3) is 0 Å². The highest BCUT2D eigenvalue weighted by atomic mass is 16.5. The van der Waals surface area contributed by atoms with Gasteiger partial charge in [-0.3, -0.25) is 0 Å². The van der Waals surface area contributed by atoms with Crippen LogP contribution in [0.15, 0.2) is 48.5 Å². The standard InChI is InChI=1S/C23H24N2O6/c1-2-30-22(28)20-17(18-13-16(21(26)27)10-11-19(18)25-20)9-6-12-24-23(29)31-14-15-7-4-3-5-8-15/h3-5,7-8,10-11,13,25H,2,6,9,12,14H2,1H3,(H,24,29)(H,26,27). The van der Waals surface area contributed by atoms with Gasteiger partial charge < -0.3 is 24.9 Å². The average molecular weight is 424 g/mol. The van der Waals surface area contributed by atoms with Crippen molar-refractivity contribution in [3.63, 3.8) is 0 Å². The van der Waals surface area contributed by atoms with Gasteiger partial charge in [0.1, 0.15) is 12.3 Å². The maximum atomic E-state index is 12.4. The lowest BCUT2D eigenvalue weighted by atomic mass is 10.0. The van der Waals surface area contributed by atoms with Crippen molar-refractivity contribution in [3.8, 4) is 0 Å². The number of H-pyrrole nitrogens is 1. The normalized spacial score (nSPS) is 10.6. The van der Waals surface area contributed by atoms with Crippen molar-refractivity contribution in [1.82, 2.24) is 10.3 Å². The van der Waals surface area contributed by atoms with Crippen LogP contribution in [0.1, 0.15) is 45.3 Å². The number of esters is 1. The lowest BCUT2D eigenvalue weighted by molar-refractivity contribution is 0.0518. The van der Waals surface area contributed by atoms with Crippen LogP contribution >= 0.6 is 0 Å². The number of aromatic carboxylic acids is 1. The van der Waals surface area contributed by atoms with E-state index in [2.05, 4.69) is 10.3 Å². The first-order chi connectivity index (χ1) is 15.0. The Morgan fingerprint density at radius 3 is 2.55 bits per heavy atom. The number of amides is 1. The van der Waals surface area contributed by atoms with Crippen molar-refractivity contribution in [2.24, 2.45) is 0 Å². The topological polar surface area (TPSA) is 118 Å². The summed E-state index contributed by atoms with van der Waals surface area (Å²) in [6.45, 7) is 2.46. The van der Waals surface area contributed by atoms with E-state index in [4.69, 9.17) is 9.47 Å². The molecule has 0 spiro atoms. The average Bonchev–Trinajstić information content (AvgIpc) is 3.14. The Bertz CT molecular complexity index is 1070. The molecular weight excluding hydrogens is 400 g/mol. The summed E-state index contributed by atoms with van der Waals surface area (Å²) in [7, 11) is 0. The number of alkyl carbamates (subject to hydrolysis) is 1. The first kappa shape index (κ1) is 21.9. The van der Waals surface area contributed by atoms with Crippen LogP contribution in [-0.4, -0.2) is 41.3 Å². The highest BCUT2D eigenvalue weighted by Gasteiger charge is 2.19. The van der Waals surface area contributed by atoms with E-state index in [1.165, 1.54) is 12.1 Å². The van der Waals surface area contributed by atoms with Gasteiger partial charge in [-0.2, -0.15) is 0 Å². The summed E-state index contributed by atoms with van der Waals surface area (Å²) in [5, 5.41) is 12.6. The predicted octanol–water partition coefficient (Wildman–Crippen LogP) is 3.90. The summed E-state index contributed by atoms with van der Waals surface area (Å²) >= 11 is 0. The molecule has 0 bridgehead atoms. The summed E-state index contributed by atoms with van der Waals surface area (Å²) in [5.41, 5.74) is 2.64. The van der Waals surface area contributed by atoms with Crippen LogP contribution in [0.4, 0.5) is 4.79 Å². The minimum atomic E-state index is -1.05. The Balaban J connectivity index is 1.64. The van der Waals surface area contributed by atoms with E-state index in [1.807, 2.05) is 30.3 Å². The van der Waals surface area contributed by atoms with Gasteiger partial charge in [-0.15, -0.1) is 0 Å². The van der Waals surface area contributed by atoms with Gasteiger partial charge in [0.05, 0.1) is 12.2 Å². The Morgan fingerprint density at radius 1 is 1.06 bits per heavy atom. The summed E-state index contributed by atoms with van der Waals surface area (Å²) < 4.78 is 10.3. The Morgan fingerprint density at radius 2 is 1.84 bits per heavy atom. The number of hydrogen-bond donors (Lipinski definition) is 3. The Hall–Kier alpha value is -3.81. The third-order valence-corrected chi connectivity index (χ3v) is 4.72. The van der Waals surface area contributed by atoms with Crippen LogP contribution < -0.4 is 5.32 Å². The molecule has 162 valence electrons. The Kier molecular flexibility index (Phi) is 7.26. The van der Waals surface area contributed by atoms with Crippen LogP contribution in [0, 0.1) is 0 Å². The lowest BCUT2D eigenvalue weighted by Gasteiger charge is -2.08. The zero-order valence-corrected chi connectivity index (χ0v) is 17.1. The number of carbonyl (C=O) groups is 3. The highest BCUT2D eigenvalue weighted by Crippen LogP contribution is 2.26. The number of ether oxygens (including phenoxy) is 2. The molecule has 0 unspecified atom stereocenters. The van der Waals surface area contributed by atoms with Gasteiger partial charge in [0.2, 0.25) is 0 Å². The smallest absolute Gasteiger partial charge is 0.407 e. The number of aromatic nitrogens is 1. The quantitative estimate of drug-likeness (QED) is 0.354. The summed E-state index contributed by atoms with van der Waals surface area (Å²) in [5.74, 6) is -1.55. The monoisotopic (exact) mass is 424 g/mol. The molecule has 0 atom stereocenters. The third kappa shape index (κ3) is 5.63. The molecule has 3 aromatic rings. The van der Waals surface area contributed by atoms with Gasteiger partial charge >= 0.3 is 18.0 Å². The molecule has 1 aromatic heterocycles.